The van der Waals surface area contributed by atoms with Crippen molar-refractivity contribution < 1.29 is 18.7 Å². The topological polar surface area (TPSA) is 55.4 Å². The molecule has 0 aliphatic carbocycles. The van der Waals surface area contributed by atoms with Crippen LogP contribution in [-0.2, 0) is 4.79 Å². The Morgan fingerprint density at radius 1 is 1.10 bits per heavy atom. The molecule has 0 saturated carbocycles. The quantitative estimate of drug-likeness (QED) is 0.691. The summed E-state index contributed by atoms with van der Waals surface area (Å²) in [7, 11) is 0. The molecule has 0 aromatic heterocycles. The lowest BCUT2D eigenvalue weighted by molar-refractivity contribution is -0.114. The van der Waals surface area contributed by atoms with Gasteiger partial charge in [-0.2, -0.15) is 0 Å². The van der Waals surface area contributed by atoms with Gasteiger partial charge in [-0.05, 0) is 30.3 Å². The van der Waals surface area contributed by atoms with Crippen molar-refractivity contribution in [2.24, 2.45) is 0 Å². The first kappa shape index (κ1) is 13.7. The predicted molar refractivity (Wildman–Crippen MR) is 72.1 cm³/mol. The van der Waals surface area contributed by atoms with Crippen LogP contribution in [0.2, 0.25) is 0 Å². The van der Waals surface area contributed by atoms with E-state index in [-0.39, 0.29) is 17.2 Å². The van der Waals surface area contributed by atoms with E-state index < -0.39 is 11.8 Å². The number of hydrogen-bond acceptors (Lipinski definition) is 3. The molecule has 0 unspecified atom stereocenters. The zero-order valence-corrected chi connectivity index (χ0v) is 10.7. The smallest absolute Gasteiger partial charge is 0.343 e. The number of ether oxygens (including phenoxy) is 1. The number of halogens is 1. The fourth-order valence-electron chi connectivity index (χ4n) is 1.62. The predicted octanol–water partition coefficient (Wildman–Crippen LogP) is 3.00. The second kappa shape index (κ2) is 5.97. The van der Waals surface area contributed by atoms with E-state index in [2.05, 4.69) is 5.32 Å². The number of nitrogens with one attached hydrogen (secondary N) is 1. The zero-order chi connectivity index (χ0) is 14.5. The molecule has 4 nitrogen and oxygen atoms in total. The van der Waals surface area contributed by atoms with Gasteiger partial charge in [-0.25, -0.2) is 9.18 Å². The maximum atomic E-state index is 13.0. The lowest BCUT2D eigenvalue weighted by atomic mass is 10.2. The average molecular weight is 273 g/mol. The second-order valence-corrected chi connectivity index (χ2v) is 4.11. The molecule has 0 atom stereocenters. The summed E-state index contributed by atoms with van der Waals surface area (Å²) in [6.45, 7) is 1.38. The summed E-state index contributed by atoms with van der Waals surface area (Å²) < 4.78 is 18.1. The molecule has 0 fully saturated rings. The highest BCUT2D eigenvalue weighted by Crippen LogP contribution is 2.18. The molecule has 102 valence electrons. The number of carbonyl (C=O) groups is 2. The third kappa shape index (κ3) is 3.65. The molecule has 0 saturated heterocycles. The van der Waals surface area contributed by atoms with Crippen molar-refractivity contribution in [3.05, 3.63) is 59.9 Å². The highest BCUT2D eigenvalue weighted by Gasteiger charge is 2.09. The Kier molecular flexibility index (Phi) is 4.10. The van der Waals surface area contributed by atoms with Gasteiger partial charge in [0.15, 0.2) is 0 Å². The maximum Gasteiger partial charge on any atom is 0.343 e. The van der Waals surface area contributed by atoms with E-state index >= 15 is 0 Å². The van der Waals surface area contributed by atoms with Crippen molar-refractivity contribution in [1.29, 1.82) is 0 Å². The molecule has 1 N–H and O–H groups in total. The first-order valence-electron chi connectivity index (χ1n) is 5.90. The zero-order valence-electron chi connectivity index (χ0n) is 10.7. The van der Waals surface area contributed by atoms with Gasteiger partial charge in [0, 0.05) is 18.7 Å². The molecule has 0 radical (unpaired) electrons. The van der Waals surface area contributed by atoms with E-state index in [0.29, 0.717) is 5.69 Å². The SMILES string of the molecule is CC(=O)Nc1cccc(OC(=O)c2cccc(F)c2)c1. The van der Waals surface area contributed by atoms with Gasteiger partial charge >= 0.3 is 5.97 Å². The van der Waals surface area contributed by atoms with E-state index in [1.54, 1.807) is 18.2 Å². The summed E-state index contributed by atoms with van der Waals surface area (Å²) in [6, 6.07) is 11.6. The highest BCUT2D eigenvalue weighted by atomic mass is 19.1. The Balaban J connectivity index is 2.13. The van der Waals surface area contributed by atoms with Crippen LogP contribution in [0.5, 0.6) is 5.75 Å². The van der Waals surface area contributed by atoms with Crippen molar-refractivity contribution in [3.8, 4) is 5.75 Å². The Labute approximate surface area is 115 Å². The third-order valence-electron chi connectivity index (χ3n) is 2.43. The minimum absolute atomic E-state index is 0.120. The molecule has 0 aliphatic heterocycles. The van der Waals surface area contributed by atoms with Crippen molar-refractivity contribution in [3.63, 3.8) is 0 Å². The number of amides is 1. The van der Waals surface area contributed by atoms with Crippen LogP contribution in [-0.4, -0.2) is 11.9 Å². The van der Waals surface area contributed by atoms with Crippen LogP contribution in [0.4, 0.5) is 10.1 Å². The number of rotatable bonds is 3. The minimum Gasteiger partial charge on any atom is -0.423 e. The van der Waals surface area contributed by atoms with Gasteiger partial charge in [-0.15, -0.1) is 0 Å². The molecule has 20 heavy (non-hydrogen) atoms. The number of carbonyl (C=O) groups excluding carboxylic acids is 2. The van der Waals surface area contributed by atoms with Crippen molar-refractivity contribution in [2.75, 3.05) is 5.32 Å². The number of hydrogen-bond donors (Lipinski definition) is 1. The van der Waals surface area contributed by atoms with Crippen LogP contribution in [0.15, 0.2) is 48.5 Å². The Morgan fingerprint density at radius 3 is 2.55 bits per heavy atom. The summed E-state index contributed by atoms with van der Waals surface area (Å²) in [5, 5.41) is 2.58. The first-order valence-corrected chi connectivity index (χ1v) is 5.90. The van der Waals surface area contributed by atoms with Gasteiger partial charge in [0.05, 0.1) is 5.56 Å². The maximum absolute atomic E-state index is 13.0. The van der Waals surface area contributed by atoms with Gasteiger partial charge in [0.2, 0.25) is 5.91 Å². The number of anilines is 1. The molecule has 1 amide bonds. The van der Waals surface area contributed by atoms with Crippen LogP contribution >= 0.6 is 0 Å². The molecule has 2 rings (SSSR count). The van der Waals surface area contributed by atoms with Gasteiger partial charge in [0.1, 0.15) is 11.6 Å². The molecule has 0 aliphatic rings. The Hall–Kier alpha value is -2.69. The molecule has 0 spiro atoms. The summed E-state index contributed by atoms with van der Waals surface area (Å²) in [5.74, 6) is -1.12. The van der Waals surface area contributed by atoms with Crippen molar-refractivity contribution >= 4 is 17.6 Å². The van der Waals surface area contributed by atoms with E-state index in [4.69, 9.17) is 4.74 Å². The molecule has 2 aromatic rings. The van der Waals surface area contributed by atoms with Crippen LogP contribution in [0.25, 0.3) is 0 Å². The van der Waals surface area contributed by atoms with Gasteiger partial charge in [-0.3, -0.25) is 4.79 Å². The van der Waals surface area contributed by atoms with Gasteiger partial charge < -0.3 is 10.1 Å². The molecule has 0 heterocycles. The Bertz CT molecular complexity index is 655. The van der Waals surface area contributed by atoms with E-state index in [0.717, 1.165) is 6.07 Å². The fraction of sp³-hybridized carbons (Fsp3) is 0.0667. The number of esters is 1. The third-order valence-corrected chi connectivity index (χ3v) is 2.43. The Morgan fingerprint density at radius 2 is 1.85 bits per heavy atom. The first-order chi connectivity index (χ1) is 9.54. The van der Waals surface area contributed by atoms with Crippen LogP contribution < -0.4 is 10.1 Å². The standard InChI is InChI=1S/C15H12FNO3/c1-10(18)17-13-6-3-7-14(9-13)20-15(19)11-4-2-5-12(16)8-11/h2-9H,1H3,(H,17,18). The lowest BCUT2D eigenvalue weighted by Gasteiger charge is -2.07. The molecule has 0 bridgehead atoms. The number of benzene rings is 2. The normalized spacial score (nSPS) is 9.90. The molecule has 5 heteroatoms. The lowest BCUT2D eigenvalue weighted by Crippen LogP contribution is -2.09. The summed E-state index contributed by atoms with van der Waals surface area (Å²) >= 11 is 0. The van der Waals surface area contributed by atoms with Crippen molar-refractivity contribution in [2.45, 2.75) is 6.92 Å². The van der Waals surface area contributed by atoms with Gasteiger partial charge in [-0.1, -0.05) is 12.1 Å². The summed E-state index contributed by atoms with van der Waals surface area (Å²) in [6.07, 6.45) is 0. The van der Waals surface area contributed by atoms with E-state index in [9.17, 15) is 14.0 Å². The summed E-state index contributed by atoms with van der Waals surface area (Å²) in [4.78, 5) is 22.8. The molecule has 2 aromatic carbocycles. The molecular formula is C15H12FNO3. The van der Waals surface area contributed by atoms with Crippen molar-refractivity contribution in [1.82, 2.24) is 0 Å². The fourth-order valence-corrected chi connectivity index (χ4v) is 1.62. The molecular weight excluding hydrogens is 261 g/mol. The largest absolute Gasteiger partial charge is 0.423 e. The van der Waals surface area contributed by atoms with Crippen LogP contribution in [0.3, 0.4) is 0 Å². The highest BCUT2D eigenvalue weighted by molar-refractivity contribution is 5.92. The monoisotopic (exact) mass is 273 g/mol. The van der Waals surface area contributed by atoms with E-state index in [1.807, 2.05) is 0 Å². The summed E-state index contributed by atoms with van der Waals surface area (Å²) in [5.41, 5.74) is 0.636. The van der Waals surface area contributed by atoms with Gasteiger partial charge in [0.25, 0.3) is 0 Å². The van der Waals surface area contributed by atoms with Crippen LogP contribution in [0.1, 0.15) is 17.3 Å². The second-order valence-electron chi connectivity index (χ2n) is 4.11. The minimum atomic E-state index is -0.663. The average Bonchev–Trinajstić information content (AvgIpc) is 2.38. The van der Waals surface area contributed by atoms with E-state index in [1.165, 1.54) is 31.2 Å². The van der Waals surface area contributed by atoms with Crippen LogP contribution in [0, 0.1) is 5.82 Å².